The molecule has 0 saturated carbocycles. The zero-order valence-electron chi connectivity index (χ0n) is 17.6. The third kappa shape index (κ3) is 9.21. The lowest BCUT2D eigenvalue weighted by atomic mass is 9.86. The predicted molar refractivity (Wildman–Crippen MR) is 162 cm³/mol. The number of nitrogens with zero attached hydrogens (tertiary/aromatic N) is 1. The summed E-state index contributed by atoms with van der Waals surface area (Å²) in [6.45, 7) is 1.59. The highest BCUT2D eigenvalue weighted by Gasteiger charge is 2.22. The van der Waals surface area contributed by atoms with E-state index in [-0.39, 0.29) is 13.0 Å². The molecule has 0 amide bonds. The van der Waals surface area contributed by atoms with Crippen molar-refractivity contribution in [1.82, 2.24) is 5.23 Å². The number of aliphatic carboxylic acids is 1. The molecule has 0 aliphatic rings. The van der Waals surface area contributed by atoms with Crippen molar-refractivity contribution in [2.45, 2.75) is 25.4 Å². The summed E-state index contributed by atoms with van der Waals surface area (Å²) in [6.07, 6.45) is 0.864. The predicted octanol–water partition coefficient (Wildman–Crippen LogP) is 4.03. The first kappa shape index (κ1) is 29.3. The summed E-state index contributed by atoms with van der Waals surface area (Å²) in [4.78, 5) is 15.3. The van der Waals surface area contributed by atoms with E-state index < -0.39 is 25.2 Å². The molecule has 0 aliphatic carbocycles. The highest BCUT2D eigenvalue weighted by Crippen LogP contribution is 2.37. The fourth-order valence-corrected chi connectivity index (χ4v) is 6.95. The van der Waals surface area contributed by atoms with E-state index in [1.165, 1.54) is 13.0 Å². The van der Waals surface area contributed by atoms with E-state index >= 15 is 0 Å². The summed E-state index contributed by atoms with van der Waals surface area (Å²) in [5, 5.41) is 31.3. The van der Waals surface area contributed by atoms with Crippen LogP contribution in [0.5, 0.6) is 17.2 Å². The SMILES string of the molecule is CN=CC(O)COc1c(I)cc(Oc2c(I)cc(CC(NB(C)O)C(=O)O)cc2I)cc1I. The number of aliphatic hydroxyl groups is 1. The average Bonchev–Trinajstić information content (AvgIpc) is 2.69. The van der Waals surface area contributed by atoms with E-state index in [4.69, 9.17) is 9.47 Å². The van der Waals surface area contributed by atoms with Crippen LogP contribution in [0.25, 0.3) is 0 Å². The van der Waals surface area contributed by atoms with Crippen LogP contribution in [0.4, 0.5) is 0 Å². The maximum Gasteiger partial charge on any atom is 0.374 e. The first-order valence-corrected chi connectivity index (χ1v) is 13.9. The molecule has 2 unspecified atom stereocenters. The van der Waals surface area contributed by atoms with Crippen molar-refractivity contribution in [3.63, 3.8) is 0 Å². The second kappa shape index (κ2) is 14.0. The van der Waals surface area contributed by atoms with Gasteiger partial charge in [-0.25, -0.2) is 0 Å². The Labute approximate surface area is 247 Å². The second-order valence-corrected chi connectivity index (χ2v) is 11.6. The van der Waals surface area contributed by atoms with Gasteiger partial charge in [-0.15, -0.1) is 0 Å². The van der Waals surface area contributed by atoms with Crippen LogP contribution >= 0.6 is 90.4 Å². The smallest absolute Gasteiger partial charge is 0.374 e. The van der Waals surface area contributed by atoms with Crippen molar-refractivity contribution in [3.8, 4) is 17.2 Å². The van der Waals surface area contributed by atoms with Crippen molar-refractivity contribution in [2.75, 3.05) is 13.7 Å². The molecule has 2 aromatic carbocycles. The molecule has 2 aromatic rings. The molecule has 0 saturated heterocycles. The number of aliphatic imine (C=N–C) groups is 1. The second-order valence-electron chi connectivity index (χ2n) is 6.93. The van der Waals surface area contributed by atoms with E-state index in [0.717, 1.165) is 19.8 Å². The number of nitrogens with one attached hydrogen (secondary N) is 1. The van der Waals surface area contributed by atoms with Gasteiger partial charge in [0.25, 0.3) is 0 Å². The minimum absolute atomic E-state index is 0.0993. The molecule has 0 aromatic heterocycles. The fraction of sp³-hybridized carbons (Fsp3) is 0.300. The van der Waals surface area contributed by atoms with Crippen molar-refractivity contribution < 1.29 is 29.5 Å². The number of hydrogen-bond acceptors (Lipinski definition) is 7. The molecule has 2 atom stereocenters. The molecule has 8 nitrogen and oxygen atoms in total. The van der Waals surface area contributed by atoms with E-state index in [9.17, 15) is 20.0 Å². The third-order valence-electron chi connectivity index (χ3n) is 4.15. The number of benzene rings is 2. The van der Waals surface area contributed by atoms with Crippen LogP contribution in [-0.4, -0.2) is 60.3 Å². The molecular weight excluding hydrogens is 883 g/mol. The zero-order chi connectivity index (χ0) is 24.7. The number of aliphatic hydroxyl groups excluding tert-OH is 1. The van der Waals surface area contributed by atoms with E-state index in [2.05, 4.69) is 101 Å². The lowest BCUT2D eigenvalue weighted by Crippen LogP contribution is -2.46. The molecule has 0 heterocycles. The number of hydrogen-bond donors (Lipinski definition) is 4. The number of carboxylic acids is 1. The van der Waals surface area contributed by atoms with Crippen LogP contribution < -0.4 is 14.7 Å². The van der Waals surface area contributed by atoms with Crippen molar-refractivity contribution in [1.29, 1.82) is 0 Å². The molecule has 4 N–H and O–H groups in total. The van der Waals surface area contributed by atoms with Crippen LogP contribution in [0.15, 0.2) is 29.3 Å². The number of halogens is 4. The summed E-state index contributed by atoms with van der Waals surface area (Å²) in [7, 11) is 0.668. The largest absolute Gasteiger partial charge is 0.488 e. The van der Waals surface area contributed by atoms with Crippen molar-refractivity contribution in [3.05, 3.63) is 44.1 Å². The molecule has 13 heteroatoms. The van der Waals surface area contributed by atoms with Gasteiger partial charge in [-0.2, -0.15) is 0 Å². The summed E-state index contributed by atoms with van der Waals surface area (Å²) < 4.78 is 15.3. The Morgan fingerprint density at radius 1 is 1.12 bits per heavy atom. The maximum atomic E-state index is 11.5. The molecular formula is C20H21BI4N2O6. The van der Waals surface area contributed by atoms with Gasteiger partial charge in [0.2, 0.25) is 0 Å². The lowest BCUT2D eigenvalue weighted by Gasteiger charge is -2.18. The molecule has 0 spiro atoms. The molecule has 0 radical (unpaired) electrons. The molecule has 0 fully saturated rings. The summed E-state index contributed by atoms with van der Waals surface area (Å²) in [6, 6.07) is 6.56. The van der Waals surface area contributed by atoms with Gasteiger partial charge in [0.1, 0.15) is 30.3 Å². The molecule has 0 bridgehead atoms. The monoisotopic (exact) mass is 904 g/mol. The minimum atomic E-state index is -1.03. The van der Waals surface area contributed by atoms with Gasteiger partial charge in [-0.05, 0) is 133 Å². The Hall–Kier alpha value is 0.0449. The van der Waals surface area contributed by atoms with E-state index in [1.807, 2.05) is 24.3 Å². The summed E-state index contributed by atoms with van der Waals surface area (Å²) >= 11 is 8.65. The summed E-state index contributed by atoms with van der Waals surface area (Å²) in [5.74, 6) is 0.944. The van der Waals surface area contributed by atoms with Crippen LogP contribution in [-0.2, 0) is 11.2 Å². The Morgan fingerprint density at radius 2 is 1.67 bits per heavy atom. The molecule has 33 heavy (non-hydrogen) atoms. The third-order valence-corrected chi connectivity index (χ3v) is 7.35. The van der Waals surface area contributed by atoms with Gasteiger partial charge in [0, 0.05) is 13.3 Å². The minimum Gasteiger partial charge on any atom is -0.488 e. The number of ether oxygens (including phenoxy) is 2. The van der Waals surface area contributed by atoms with Gasteiger partial charge < -0.3 is 29.9 Å². The normalized spacial score (nSPS) is 13.1. The quantitative estimate of drug-likeness (QED) is 0.153. The first-order chi connectivity index (χ1) is 15.5. The number of carbonyl (C=O) groups is 1. The van der Waals surface area contributed by atoms with Crippen LogP contribution in [0.2, 0.25) is 6.82 Å². The molecule has 2 rings (SSSR count). The Kier molecular flexibility index (Phi) is 12.4. The molecule has 0 aliphatic heterocycles. The topological polar surface area (TPSA) is 121 Å². The molecule has 178 valence electrons. The van der Waals surface area contributed by atoms with Gasteiger partial charge in [-0.1, -0.05) is 0 Å². The fourth-order valence-electron chi connectivity index (χ4n) is 2.81. The van der Waals surface area contributed by atoms with Gasteiger partial charge in [0.05, 0.1) is 14.3 Å². The van der Waals surface area contributed by atoms with E-state index in [0.29, 0.717) is 17.2 Å². The van der Waals surface area contributed by atoms with E-state index in [1.54, 1.807) is 7.05 Å². The van der Waals surface area contributed by atoms with Gasteiger partial charge in [-0.3, -0.25) is 9.79 Å². The summed E-state index contributed by atoms with van der Waals surface area (Å²) in [5.41, 5.74) is 0.818. The highest BCUT2D eigenvalue weighted by atomic mass is 127. The van der Waals surface area contributed by atoms with Gasteiger partial charge >= 0.3 is 13.0 Å². The highest BCUT2D eigenvalue weighted by molar-refractivity contribution is 14.1. The van der Waals surface area contributed by atoms with Crippen LogP contribution in [0.1, 0.15) is 5.56 Å². The Balaban J connectivity index is 2.21. The van der Waals surface area contributed by atoms with Crippen LogP contribution in [0.3, 0.4) is 0 Å². The zero-order valence-corrected chi connectivity index (χ0v) is 26.2. The Morgan fingerprint density at radius 3 is 2.15 bits per heavy atom. The number of rotatable bonds is 11. The van der Waals surface area contributed by atoms with Crippen molar-refractivity contribution in [2.24, 2.45) is 4.99 Å². The van der Waals surface area contributed by atoms with Gasteiger partial charge in [0.15, 0.2) is 5.75 Å². The van der Waals surface area contributed by atoms with Crippen LogP contribution in [0, 0.1) is 14.3 Å². The van der Waals surface area contributed by atoms with Crippen molar-refractivity contribution >= 4 is 110 Å². The average molecular weight is 904 g/mol. The first-order valence-electron chi connectivity index (χ1n) is 9.56. The Bertz CT molecular complexity index is 978. The standard InChI is InChI=1S/C20H21BI4N2O6/c1-21(31)27-17(20(29)30)5-10-3-13(22)19(14(23)4-10)33-12-6-15(24)18(16(25)7-12)32-9-11(28)8-26-2/h3-4,6-8,11,17,27-28,31H,5,9H2,1-2H3,(H,29,30). The number of carboxylic acid groups (broad SMARTS) is 1. The lowest BCUT2D eigenvalue weighted by molar-refractivity contribution is -0.139. The maximum absolute atomic E-state index is 11.5.